The maximum Gasteiger partial charge on any atom is 0.302 e. The van der Waals surface area contributed by atoms with Crippen LogP contribution in [0.1, 0.15) is 67.7 Å². The van der Waals surface area contributed by atoms with Crippen LogP contribution >= 0.6 is 0 Å². The SMILES string of the molecule is CCCC(C1C=CC(OC(C)OCCOC(C)=O)=C(C)C1)C(C)(C)C. The van der Waals surface area contributed by atoms with Gasteiger partial charge >= 0.3 is 5.97 Å². The van der Waals surface area contributed by atoms with Crippen LogP contribution in [0.15, 0.2) is 23.5 Å². The Morgan fingerprint density at radius 1 is 1.32 bits per heavy atom. The van der Waals surface area contributed by atoms with E-state index >= 15 is 0 Å². The number of hydrogen-bond acceptors (Lipinski definition) is 4. The molecule has 4 heteroatoms. The summed E-state index contributed by atoms with van der Waals surface area (Å²) in [7, 11) is 0. The summed E-state index contributed by atoms with van der Waals surface area (Å²) >= 11 is 0. The molecule has 0 spiro atoms. The first-order valence-electron chi connectivity index (χ1n) is 9.44. The Labute approximate surface area is 153 Å². The predicted octanol–water partition coefficient (Wildman–Crippen LogP) is 5.24. The van der Waals surface area contributed by atoms with Crippen LogP contribution in [0.2, 0.25) is 0 Å². The Bertz CT molecular complexity index is 485. The summed E-state index contributed by atoms with van der Waals surface area (Å²) < 4.78 is 16.3. The number of esters is 1. The zero-order chi connectivity index (χ0) is 19.0. The first kappa shape index (κ1) is 21.8. The van der Waals surface area contributed by atoms with Crippen molar-refractivity contribution in [2.75, 3.05) is 13.2 Å². The fourth-order valence-electron chi connectivity index (χ4n) is 3.50. The molecule has 144 valence electrons. The molecule has 0 aromatic carbocycles. The molecule has 0 amide bonds. The van der Waals surface area contributed by atoms with Gasteiger partial charge in [-0.2, -0.15) is 0 Å². The molecule has 0 heterocycles. The van der Waals surface area contributed by atoms with Gasteiger partial charge in [0.1, 0.15) is 12.4 Å². The molecule has 0 aromatic heterocycles. The van der Waals surface area contributed by atoms with Gasteiger partial charge in [0.05, 0.1) is 6.61 Å². The van der Waals surface area contributed by atoms with Crippen LogP contribution in [0, 0.1) is 17.3 Å². The van der Waals surface area contributed by atoms with Crippen molar-refractivity contribution in [3.05, 3.63) is 23.5 Å². The molecule has 0 saturated heterocycles. The second-order valence-corrected chi connectivity index (χ2v) is 8.03. The topological polar surface area (TPSA) is 44.8 Å². The molecule has 0 saturated carbocycles. The van der Waals surface area contributed by atoms with Gasteiger partial charge in [-0.05, 0) is 55.6 Å². The van der Waals surface area contributed by atoms with Gasteiger partial charge in [0.25, 0.3) is 0 Å². The van der Waals surface area contributed by atoms with Crippen LogP contribution in [0.5, 0.6) is 0 Å². The lowest BCUT2D eigenvalue weighted by Crippen LogP contribution is -2.29. The molecule has 25 heavy (non-hydrogen) atoms. The fraction of sp³-hybridized carbons (Fsp3) is 0.762. The van der Waals surface area contributed by atoms with Crippen LogP contribution < -0.4 is 0 Å². The second kappa shape index (κ2) is 10.0. The number of carbonyl (C=O) groups excluding carboxylic acids is 1. The summed E-state index contributed by atoms with van der Waals surface area (Å²) in [4.78, 5) is 10.7. The molecule has 0 aromatic rings. The van der Waals surface area contributed by atoms with Crippen molar-refractivity contribution < 1.29 is 19.0 Å². The molecular formula is C21H36O4. The Morgan fingerprint density at radius 2 is 2.00 bits per heavy atom. The lowest BCUT2D eigenvalue weighted by molar-refractivity contribution is -0.148. The van der Waals surface area contributed by atoms with E-state index in [1.807, 2.05) is 6.92 Å². The first-order valence-corrected chi connectivity index (χ1v) is 9.44. The summed E-state index contributed by atoms with van der Waals surface area (Å²) in [5.74, 6) is 1.84. The van der Waals surface area contributed by atoms with Crippen molar-refractivity contribution in [1.82, 2.24) is 0 Å². The average molecular weight is 353 g/mol. The van der Waals surface area contributed by atoms with Crippen LogP contribution in [-0.4, -0.2) is 25.5 Å². The summed E-state index contributed by atoms with van der Waals surface area (Å²) in [6.07, 6.45) is 7.54. The third-order valence-corrected chi connectivity index (χ3v) is 4.72. The highest BCUT2D eigenvalue weighted by Gasteiger charge is 2.32. The minimum Gasteiger partial charge on any atom is -0.465 e. The lowest BCUT2D eigenvalue weighted by atomic mass is 9.68. The highest BCUT2D eigenvalue weighted by molar-refractivity contribution is 5.65. The van der Waals surface area contributed by atoms with E-state index in [9.17, 15) is 4.79 Å². The molecule has 3 atom stereocenters. The first-order chi connectivity index (χ1) is 11.6. The van der Waals surface area contributed by atoms with Gasteiger partial charge in [0.2, 0.25) is 0 Å². The van der Waals surface area contributed by atoms with Gasteiger partial charge in [-0.1, -0.05) is 40.2 Å². The van der Waals surface area contributed by atoms with Crippen molar-refractivity contribution in [2.24, 2.45) is 17.3 Å². The molecule has 4 nitrogen and oxygen atoms in total. The smallest absolute Gasteiger partial charge is 0.302 e. The zero-order valence-electron chi connectivity index (χ0n) is 17.1. The summed E-state index contributed by atoms with van der Waals surface area (Å²) in [6, 6.07) is 0. The minimum atomic E-state index is -0.365. The lowest BCUT2D eigenvalue weighted by Gasteiger charge is -2.37. The summed E-state index contributed by atoms with van der Waals surface area (Å²) in [5.41, 5.74) is 1.57. The molecule has 0 fully saturated rings. The minimum absolute atomic E-state index is 0.253. The van der Waals surface area contributed by atoms with E-state index in [2.05, 4.69) is 46.8 Å². The monoisotopic (exact) mass is 352 g/mol. The molecule has 0 radical (unpaired) electrons. The van der Waals surface area contributed by atoms with E-state index in [4.69, 9.17) is 14.2 Å². The van der Waals surface area contributed by atoms with Gasteiger partial charge in [-0.15, -0.1) is 0 Å². The van der Waals surface area contributed by atoms with Gasteiger partial charge in [-0.3, -0.25) is 4.79 Å². The predicted molar refractivity (Wildman–Crippen MR) is 101 cm³/mol. The number of hydrogen-bond donors (Lipinski definition) is 0. The Hall–Kier alpha value is -1.29. The molecule has 0 bridgehead atoms. The van der Waals surface area contributed by atoms with Crippen molar-refractivity contribution in [3.63, 3.8) is 0 Å². The van der Waals surface area contributed by atoms with Crippen LogP contribution in [0.3, 0.4) is 0 Å². The zero-order valence-corrected chi connectivity index (χ0v) is 17.1. The summed E-state index contributed by atoms with van der Waals surface area (Å²) in [6.45, 7) is 15.3. The fourth-order valence-corrected chi connectivity index (χ4v) is 3.50. The normalized spacial score (nSPS) is 20.4. The Balaban J connectivity index is 2.56. The van der Waals surface area contributed by atoms with Gasteiger partial charge in [0, 0.05) is 6.92 Å². The number of allylic oxidation sites excluding steroid dienone is 3. The second-order valence-electron chi connectivity index (χ2n) is 8.03. The highest BCUT2D eigenvalue weighted by atomic mass is 16.7. The largest absolute Gasteiger partial charge is 0.465 e. The maximum absolute atomic E-state index is 10.7. The summed E-state index contributed by atoms with van der Waals surface area (Å²) in [5, 5.41) is 0. The molecule has 0 aliphatic heterocycles. The van der Waals surface area contributed by atoms with Crippen LogP contribution in [0.4, 0.5) is 0 Å². The van der Waals surface area contributed by atoms with E-state index < -0.39 is 0 Å². The quantitative estimate of drug-likeness (QED) is 0.323. The van der Waals surface area contributed by atoms with Gasteiger partial charge in [-0.25, -0.2) is 0 Å². The van der Waals surface area contributed by atoms with Crippen molar-refractivity contribution in [3.8, 4) is 0 Å². The third-order valence-electron chi connectivity index (χ3n) is 4.72. The van der Waals surface area contributed by atoms with Gasteiger partial charge in [0.15, 0.2) is 6.29 Å². The molecule has 0 N–H and O–H groups in total. The highest BCUT2D eigenvalue weighted by Crippen LogP contribution is 2.41. The van der Waals surface area contributed by atoms with E-state index in [0.717, 1.165) is 12.2 Å². The van der Waals surface area contributed by atoms with Crippen molar-refractivity contribution >= 4 is 5.97 Å². The number of carbonyl (C=O) groups is 1. The van der Waals surface area contributed by atoms with Crippen LogP contribution in [-0.2, 0) is 19.0 Å². The van der Waals surface area contributed by atoms with Crippen molar-refractivity contribution in [2.45, 2.75) is 74.0 Å². The Kier molecular flexibility index (Phi) is 8.70. The average Bonchev–Trinajstić information content (AvgIpc) is 2.50. The van der Waals surface area contributed by atoms with Gasteiger partial charge < -0.3 is 14.2 Å². The molecule has 3 unspecified atom stereocenters. The van der Waals surface area contributed by atoms with E-state index in [1.165, 1.54) is 25.3 Å². The molecule has 1 aliphatic carbocycles. The van der Waals surface area contributed by atoms with Crippen LogP contribution in [0.25, 0.3) is 0 Å². The van der Waals surface area contributed by atoms with Crippen molar-refractivity contribution in [1.29, 1.82) is 0 Å². The maximum atomic E-state index is 10.7. The molecular weight excluding hydrogens is 316 g/mol. The molecule has 1 rings (SSSR count). The number of rotatable bonds is 9. The number of ether oxygens (including phenoxy) is 3. The van der Waals surface area contributed by atoms with E-state index in [1.54, 1.807) is 0 Å². The van der Waals surface area contributed by atoms with E-state index in [-0.39, 0.29) is 18.9 Å². The third kappa shape index (κ3) is 7.64. The molecule has 1 aliphatic rings. The van der Waals surface area contributed by atoms with E-state index in [0.29, 0.717) is 23.9 Å². The standard InChI is InChI=1S/C21H36O4/c1-8-9-19(21(5,6)7)18-10-11-20(15(2)14-18)25-17(4)24-13-12-23-16(3)22/h10-11,17-19H,8-9,12-14H2,1-7H3. The Morgan fingerprint density at radius 3 is 2.52 bits per heavy atom.